The monoisotopic (exact) mass is 340 g/mol. The number of aryl methyl sites for hydroxylation is 1. The zero-order valence-electron chi connectivity index (χ0n) is 14.6. The zero-order valence-corrected chi connectivity index (χ0v) is 14.6. The van der Waals surface area contributed by atoms with Crippen LogP contribution in [0.2, 0.25) is 0 Å². The van der Waals surface area contributed by atoms with Gasteiger partial charge in [-0.2, -0.15) is 0 Å². The van der Waals surface area contributed by atoms with Crippen molar-refractivity contribution >= 4 is 11.8 Å². The fraction of sp³-hybridized carbons (Fsp3) is 0.300. The summed E-state index contributed by atoms with van der Waals surface area (Å²) in [4.78, 5) is 24.3. The minimum Gasteiger partial charge on any atom is -0.483 e. The molecular formula is C20H24N2O3. The summed E-state index contributed by atoms with van der Waals surface area (Å²) >= 11 is 0. The molecule has 5 heteroatoms. The van der Waals surface area contributed by atoms with Crippen molar-refractivity contribution in [1.29, 1.82) is 0 Å². The number of carbonyl (C=O) groups is 2. The third kappa shape index (κ3) is 5.64. The minimum absolute atomic E-state index is 0.158. The van der Waals surface area contributed by atoms with Crippen LogP contribution in [0.15, 0.2) is 54.6 Å². The third-order valence-corrected chi connectivity index (χ3v) is 3.87. The van der Waals surface area contributed by atoms with E-state index in [0.717, 1.165) is 17.5 Å². The van der Waals surface area contributed by atoms with Crippen LogP contribution in [0.4, 0.5) is 0 Å². The second-order valence-corrected chi connectivity index (χ2v) is 5.84. The highest BCUT2D eigenvalue weighted by molar-refractivity contribution is 5.86. The van der Waals surface area contributed by atoms with Crippen LogP contribution in [-0.2, 0) is 9.59 Å². The molecule has 2 rings (SSSR count). The lowest BCUT2D eigenvalue weighted by molar-refractivity contribution is -0.130. The number of hydrogen-bond donors (Lipinski definition) is 2. The first-order valence-electron chi connectivity index (χ1n) is 8.44. The van der Waals surface area contributed by atoms with Crippen LogP contribution in [0.1, 0.15) is 36.8 Å². The van der Waals surface area contributed by atoms with Crippen molar-refractivity contribution in [3.63, 3.8) is 0 Å². The molecule has 0 aromatic heterocycles. The van der Waals surface area contributed by atoms with Crippen LogP contribution in [0.5, 0.6) is 5.75 Å². The Balaban J connectivity index is 1.85. The van der Waals surface area contributed by atoms with E-state index in [1.807, 2.05) is 62.4 Å². The number of rotatable bonds is 7. The largest absolute Gasteiger partial charge is 0.483 e. The van der Waals surface area contributed by atoms with E-state index in [9.17, 15) is 9.59 Å². The summed E-state index contributed by atoms with van der Waals surface area (Å²) in [6.07, 6.45) is 1.59. The Bertz CT molecular complexity index is 701. The van der Waals surface area contributed by atoms with Crippen LogP contribution >= 0.6 is 0 Å². The number of hydrazine groups is 1. The van der Waals surface area contributed by atoms with Gasteiger partial charge in [0.25, 0.3) is 5.91 Å². The summed E-state index contributed by atoms with van der Waals surface area (Å²) in [5.74, 6) is -0.266. The molecule has 0 fully saturated rings. The Labute approximate surface area is 148 Å². The SMILES string of the molecule is CCC[C@H](C(=O)NNC(=O)COc1ccccc1C)c1ccccc1. The van der Waals surface area contributed by atoms with Crippen LogP contribution in [0.3, 0.4) is 0 Å². The molecule has 0 aliphatic heterocycles. The van der Waals surface area contributed by atoms with Gasteiger partial charge in [-0.3, -0.25) is 20.4 Å². The van der Waals surface area contributed by atoms with Crippen molar-refractivity contribution in [2.75, 3.05) is 6.61 Å². The fourth-order valence-corrected chi connectivity index (χ4v) is 2.54. The van der Waals surface area contributed by atoms with Crippen molar-refractivity contribution in [2.45, 2.75) is 32.6 Å². The Kier molecular flexibility index (Phi) is 7.01. The van der Waals surface area contributed by atoms with Gasteiger partial charge in [0.2, 0.25) is 5.91 Å². The Morgan fingerprint density at radius 2 is 1.68 bits per heavy atom. The number of amides is 2. The van der Waals surface area contributed by atoms with E-state index in [1.54, 1.807) is 6.07 Å². The number of nitrogens with one attached hydrogen (secondary N) is 2. The highest BCUT2D eigenvalue weighted by atomic mass is 16.5. The van der Waals surface area contributed by atoms with Crippen LogP contribution in [0, 0.1) is 6.92 Å². The quantitative estimate of drug-likeness (QED) is 0.761. The molecule has 25 heavy (non-hydrogen) atoms. The van der Waals surface area contributed by atoms with Gasteiger partial charge >= 0.3 is 0 Å². The smallest absolute Gasteiger partial charge is 0.276 e. The van der Waals surface area contributed by atoms with E-state index in [-0.39, 0.29) is 18.4 Å². The molecule has 0 saturated carbocycles. The first kappa shape index (κ1) is 18.5. The Morgan fingerprint density at radius 3 is 2.36 bits per heavy atom. The summed E-state index contributed by atoms with van der Waals surface area (Å²) in [6, 6.07) is 17.0. The fourth-order valence-electron chi connectivity index (χ4n) is 2.54. The van der Waals surface area contributed by atoms with E-state index in [4.69, 9.17) is 4.74 Å². The summed E-state index contributed by atoms with van der Waals surface area (Å²) in [7, 11) is 0. The van der Waals surface area contributed by atoms with Gasteiger partial charge in [0.1, 0.15) is 5.75 Å². The average molecular weight is 340 g/mol. The molecule has 1 atom stereocenters. The topological polar surface area (TPSA) is 67.4 Å². The maximum absolute atomic E-state index is 12.4. The van der Waals surface area contributed by atoms with E-state index in [1.165, 1.54) is 0 Å². The lowest BCUT2D eigenvalue weighted by Gasteiger charge is -2.17. The molecule has 5 nitrogen and oxygen atoms in total. The molecule has 132 valence electrons. The van der Waals surface area contributed by atoms with Gasteiger partial charge < -0.3 is 4.74 Å². The first-order chi connectivity index (χ1) is 12.1. The van der Waals surface area contributed by atoms with E-state index in [2.05, 4.69) is 10.9 Å². The molecule has 2 amide bonds. The summed E-state index contributed by atoms with van der Waals surface area (Å²) in [6.45, 7) is 3.77. The predicted molar refractivity (Wildman–Crippen MR) is 97.1 cm³/mol. The molecule has 0 heterocycles. The minimum atomic E-state index is -0.403. The Hall–Kier alpha value is -2.82. The van der Waals surface area contributed by atoms with Crippen molar-refractivity contribution in [1.82, 2.24) is 10.9 Å². The summed E-state index contributed by atoms with van der Waals surface area (Å²) in [5.41, 5.74) is 6.80. The molecule has 0 aliphatic rings. The van der Waals surface area contributed by atoms with E-state index in [0.29, 0.717) is 12.2 Å². The second-order valence-electron chi connectivity index (χ2n) is 5.84. The highest BCUT2D eigenvalue weighted by Crippen LogP contribution is 2.21. The van der Waals surface area contributed by atoms with Gasteiger partial charge in [-0.1, -0.05) is 61.9 Å². The van der Waals surface area contributed by atoms with Gasteiger partial charge in [-0.15, -0.1) is 0 Å². The van der Waals surface area contributed by atoms with Gasteiger partial charge in [0.05, 0.1) is 5.92 Å². The average Bonchev–Trinajstić information content (AvgIpc) is 2.64. The van der Waals surface area contributed by atoms with Crippen LogP contribution in [0.25, 0.3) is 0 Å². The number of benzene rings is 2. The lowest BCUT2D eigenvalue weighted by Crippen LogP contribution is -2.45. The molecule has 2 aromatic rings. The molecule has 0 unspecified atom stereocenters. The number of hydrogen-bond acceptors (Lipinski definition) is 3. The van der Waals surface area contributed by atoms with Gasteiger partial charge in [0, 0.05) is 0 Å². The second kappa shape index (κ2) is 9.47. The molecular weight excluding hydrogens is 316 g/mol. The maximum Gasteiger partial charge on any atom is 0.276 e. The van der Waals surface area contributed by atoms with Crippen molar-refractivity contribution in [2.24, 2.45) is 0 Å². The van der Waals surface area contributed by atoms with Crippen molar-refractivity contribution < 1.29 is 14.3 Å². The van der Waals surface area contributed by atoms with E-state index < -0.39 is 5.91 Å². The van der Waals surface area contributed by atoms with Crippen LogP contribution < -0.4 is 15.6 Å². The standard InChI is InChI=1S/C20H24N2O3/c1-3-9-17(16-11-5-4-6-12-16)20(24)22-21-19(23)14-25-18-13-8-7-10-15(18)2/h4-8,10-13,17H,3,9,14H2,1-2H3,(H,21,23)(H,22,24)/t17-/m0/s1. The Morgan fingerprint density at radius 1 is 1.00 bits per heavy atom. The zero-order chi connectivity index (χ0) is 18.1. The molecule has 0 aliphatic carbocycles. The first-order valence-corrected chi connectivity index (χ1v) is 8.44. The van der Waals surface area contributed by atoms with E-state index >= 15 is 0 Å². The van der Waals surface area contributed by atoms with Crippen molar-refractivity contribution in [3.8, 4) is 5.75 Å². The molecule has 2 aromatic carbocycles. The lowest BCUT2D eigenvalue weighted by atomic mass is 9.94. The van der Waals surface area contributed by atoms with Gasteiger partial charge in [0.15, 0.2) is 6.61 Å². The third-order valence-electron chi connectivity index (χ3n) is 3.87. The van der Waals surface area contributed by atoms with Gasteiger partial charge in [-0.25, -0.2) is 0 Å². The number of ether oxygens (including phenoxy) is 1. The molecule has 0 radical (unpaired) electrons. The van der Waals surface area contributed by atoms with Crippen molar-refractivity contribution in [3.05, 3.63) is 65.7 Å². The number of carbonyl (C=O) groups excluding carboxylic acids is 2. The molecule has 0 spiro atoms. The normalized spacial score (nSPS) is 11.4. The predicted octanol–water partition coefficient (Wildman–Crippen LogP) is 3.11. The maximum atomic E-state index is 12.4. The molecule has 2 N–H and O–H groups in total. The summed E-state index contributed by atoms with van der Waals surface area (Å²) < 4.78 is 5.46. The highest BCUT2D eigenvalue weighted by Gasteiger charge is 2.20. The van der Waals surface area contributed by atoms with Crippen LogP contribution in [-0.4, -0.2) is 18.4 Å². The molecule has 0 saturated heterocycles. The van der Waals surface area contributed by atoms with Gasteiger partial charge in [-0.05, 0) is 30.5 Å². The summed E-state index contributed by atoms with van der Waals surface area (Å²) in [5, 5.41) is 0. The molecule has 0 bridgehead atoms. The number of para-hydroxylation sites is 1.